The Balaban J connectivity index is 2.10. The van der Waals surface area contributed by atoms with E-state index in [-0.39, 0.29) is 5.56 Å². The molecule has 0 aliphatic heterocycles. The molecule has 1 saturated carbocycles. The topological polar surface area (TPSA) is 76.7 Å². The Hall–Kier alpha value is -1.85. The van der Waals surface area contributed by atoms with Gasteiger partial charge in [-0.15, -0.1) is 0 Å². The number of nitrogens with one attached hydrogen (secondary N) is 1. The van der Waals surface area contributed by atoms with Crippen molar-refractivity contribution in [3.05, 3.63) is 39.3 Å². The normalized spacial score (nSPS) is 15.0. The molecule has 0 bridgehead atoms. The molecule has 3 N–H and O–H groups in total. The van der Waals surface area contributed by atoms with Gasteiger partial charge in [0.2, 0.25) is 0 Å². The maximum atomic E-state index is 13.0. The molecule has 3 aromatic rings. The van der Waals surface area contributed by atoms with E-state index in [2.05, 4.69) is 10.2 Å². The van der Waals surface area contributed by atoms with E-state index in [9.17, 15) is 4.79 Å². The fraction of sp³-hybridized carbons (Fsp3) is 0.375. The number of halogens is 1. The van der Waals surface area contributed by atoms with Gasteiger partial charge in [-0.1, -0.05) is 11.6 Å². The minimum Gasteiger partial charge on any atom is -0.330 e. The summed E-state index contributed by atoms with van der Waals surface area (Å²) in [6.45, 7) is 1.17. The first kappa shape index (κ1) is 13.8. The van der Waals surface area contributed by atoms with Crippen molar-refractivity contribution in [2.45, 2.75) is 31.7 Å². The van der Waals surface area contributed by atoms with Gasteiger partial charge in [0, 0.05) is 22.9 Å². The van der Waals surface area contributed by atoms with Crippen molar-refractivity contribution in [1.82, 2.24) is 14.8 Å². The minimum atomic E-state index is 0.0222. The summed E-state index contributed by atoms with van der Waals surface area (Å²) in [4.78, 5) is 13.0. The summed E-state index contributed by atoms with van der Waals surface area (Å²) >= 11 is 6.15. The van der Waals surface area contributed by atoms with Crippen molar-refractivity contribution in [1.29, 1.82) is 0 Å². The minimum absolute atomic E-state index is 0.0222. The van der Waals surface area contributed by atoms with Crippen molar-refractivity contribution < 1.29 is 0 Å². The Bertz CT molecular complexity index is 923. The van der Waals surface area contributed by atoms with Crippen molar-refractivity contribution in [3.63, 3.8) is 0 Å². The lowest BCUT2D eigenvalue weighted by atomic mass is 10.1. The standard InChI is InChI=1S/C16H17ClN4O/c17-10-4-5-12-11(8-10)15-13(14(19-20-15)9-2-3-9)16(22)21(12)7-1-6-18/h4-5,8-9H,1-3,6-7,18H2,(H,19,20). The number of hydrogen-bond acceptors (Lipinski definition) is 3. The van der Waals surface area contributed by atoms with Gasteiger partial charge in [-0.3, -0.25) is 9.89 Å². The van der Waals surface area contributed by atoms with Crippen LogP contribution in [0.1, 0.15) is 30.9 Å². The predicted octanol–water partition coefficient (Wildman–Crippen LogP) is 2.76. The summed E-state index contributed by atoms with van der Waals surface area (Å²) in [6.07, 6.45) is 3.00. The van der Waals surface area contributed by atoms with Gasteiger partial charge in [0.15, 0.2) is 0 Å². The number of aromatic amines is 1. The Morgan fingerprint density at radius 3 is 2.95 bits per heavy atom. The van der Waals surface area contributed by atoms with Crippen LogP contribution in [0, 0.1) is 0 Å². The number of aromatic nitrogens is 3. The van der Waals surface area contributed by atoms with Crippen LogP contribution in [0.25, 0.3) is 21.8 Å². The molecule has 5 nitrogen and oxygen atoms in total. The molecule has 0 spiro atoms. The van der Waals surface area contributed by atoms with E-state index in [1.807, 2.05) is 22.8 Å². The quantitative estimate of drug-likeness (QED) is 0.777. The highest BCUT2D eigenvalue weighted by atomic mass is 35.5. The summed E-state index contributed by atoms with van der Waals surface area (Å²) < 4.78 is 1.81. The Labute approximate surface area is 132 Å². The molecule has 0 unspecified atom stereocenters. The zero-order valence-corrected chi connectivity index (χ0v) is 12.9. The molecular formula is C16H17ClN4O. The van der Waals surface area contributed by atoms with E-state index in [1.54, 1.807) is 0 Å². The fourth-order valence-electron chi connectivity index (χ4n) is 3.08. The number of aryl methyl sites for hydroxylation is 1. The number of nitrogens with two attached hydrogens (primary N) is 1. The van der Waals surface area contributed by atoms with Crippen LogP contribution < -0.4 is 11.3 Å². The first-order chi connectivity index (χ1) is 10.7. The molecule has 6 heteroatoms. The second-order valence-electron chi connectivity index (χ2n) is 5.90. The lowest BCUT2D eigenvalue weighted by Crippen LogP contribution is -2.22. The van der Waals surface area contributed by atoms with Crippen LogP contribution in [0.3, 0.4) is 0 Å². The van der Waals surface area contributed by atoms with Crippen LogP contribution in [0.4, 0.5) is 0 Å². The molecule has 0 radical (unpaired) electrons. The first-order valence-corrected chi connectivity index (χ1v) is 7.98. The number of nitrogens with zero attached hydrogens (tertiary/aromatic N) is 2. The lowest BCUT2D eigenvalue weighted by molar-refractivity contribution is 0.653. The maximum Gasteiger partial charge on any atom is 0.262 e. The molecule has 114 valence electrons. The third kappa shape index (κ3) is 2.04. The van der Waals surface area contributed by atoms with Crippen LogP contribution in [0.15, 0.2) is 23.0 Å². The fourth-order valence-corrected chi connectivity index (χ4v) is 3.26. The van der Waals surface area contributed by atoms with Crippen molar-refractivity contribution >= 4 is 33.4 Å². The summed E-state index contributed by atoms with van der Waals surface area (Å²) in [5.74, 6) is 0.442. The average molecular weight is 317 g/mol. The summed E-state index contributed by atoms with van der Waals surface area (Å²) in [7, 11) is 0. The van der Waals surface area contributed by atoms with Crippen LogP contribution in [-0.2, 0) is 6.54 Å². The Kier molecular flexibility index (Phi) is 3.20. The highest BCUT2D eigenvalue weighted by molar-refractivity contribution is 6.31. The summed E-state index contributed by atoms with van der Waals surface area (Å²) in [5.41, 5.74) is 8.21. The molecular weight excluding hydrogens is 300 g/mol. The highest BCUT2D eigenvalue weighted by Crippen LogP contribution is 2.42. The maximum absolute atomic E-state index is 13.0. The third-order valence-corrected chi connectivity index (χ3v) is 4.56. The van der Waals surface area contributed by atoms with Crippen LogP contribution >= 0.6 is 11.6 Å². The number of rotatable bonds is 4. The molecule has 0 atom stereocenters. The molecule has 22 heavy (non-hydrogen) atoms. The molecule has 1 aliphatic carbocycles. The second kappa shape index (κ2) is 5.11. The monoisotopic (exact) mass is 316 g/mol. The predicted molar refractivity (Wildman–Crippen MR) is 88.5 cm³/mol. The molecule has 1 aliphatic rings. The van der Waals surface area contributed by atoms with Gasteiger partial charge in [-0.2, -0.15) is 5.10 Å². The van der Waals surface area contributed by atoms with Gasteiger partial charge in [0.05, 0.1) is 16.6 Å². The zero-order valence-electron chi connectivity index (χ0n) is 12.1. The summed E-state index contributed by atoms with van der Waals surface area (Å²) in [6, 6.07) is 5.58. The van der Waals surface area contributed by atoms with Crippen molar-refractivity contribution in [2.75, 3.05) is 6.54 Å². The smallest absolute Gasteiger partial charge is 0.262 e. The average Bonchev–Trinajstić information content (AvgIpc) is 3.26. The Morgan fingerprint density at radius 1 is 1.41 bits per heavy atom. The number of H-pyrrole nitrogens is 1. The van der Waals surface area contributed by atoms with E-state index in [0.29, 0.717) is 29.4 Å². The molecule has 4 rings (SSSR count). The molecule has 2 aromatic heterocycles. The van der Waals surface area contributed by atoms with Crippen molar-refractivity contribution in [3.8, 4) is 0 Å². The Morgan fingerprint density at radius 2 is 2.23 bits per heavy atom. The number of pyridine rings is 1. The van der Waals surface area contributed by atoms with E-state index in [0.717, 1.165) is 41.4 Å². The van der Waals surface area contributed by atoms with Gasteiger partial charge in [-0.05, 0) is 44.0 Å². The molecule has 0 amide bonds. The van der Waals surface area contributed by atoms with Crippen molar-refractivity contribution in [2.24, 2.45) is 5.73 Å². The van der Waals surface area contributed by atoms with Gasteiger partial charge >= 0.3 is 0 Å². The van der Waals surface area contributed by atoms with Crippen LogP contribution in [0.2, 0.25) is 5.02 Å². The molecule has 0 saturated heterocycles. The van der Waals surface area contributed by atoms with E-state index in [4.69, 9.17) is 17.3 Å². The van der Waals surface area contributed by atoms with Gasteiger partial charge in [0.1, 0.15) is 5.52 Å². The van der Waals surface area contributed by atoms with Crippen LogP contribution in [-0.4, -0.2) is 21.3 Å². The zero-order chi connectivity index (χ0) is 15.3. The van der Waals surface area contributed by atoms with Crippen LogP contribution in [0.5, 0.6) is 0 Å². The second-order valence-corrected chi connectivity index (χ2v) is 6.33. The number of benzene rings is 1. The van der Waals surface area contributed by atoms with Gasteiger partial charge < -0.3 is 10.3 Å². The SMILES string of the molecule is NCCCn1c(=O)c2c(C3CC3)[nH]nc2c2cc(Cl)ccc21. The first-order valence-electron chi connectivity index (χ1n) is 7.61. The lowest BCUT2D eigenvalue weighted by Gasteiger charge is -2.11. The number of fused-ring (bicyclic) bond motifs is 3. The molecule has 1 aromatic carbocycles. The van der Waals surface area contributed by atoms with E-state index >= 15 is 0 Å². The van der Waals surface area contributed by atoms with E-state index in [1.165, 1.54) is 0 Å². The van der Waals surface area contributed by atoms with Gasteiger partial charge in [0.25, 0.3) is 5.56 Å². The largest absolute Gasteiger partial charge is 0.330 e. The molecule has 1 fully saturated rings. The molecule has 2 heterocycles. The number of hydrogen-bond donors (Lipinski definition) is 2. The highest BCUT2D eigenvalue weighted by Gasteiger charge is 2.29. The van der Waals surface area contributed by atoms with Gasteiger partial charge in [-0.25, -0.2) is 0 Å². The summed E-state index contributed by atoms with van der Waals surface area (Å²) in [5, 5.41) is 9.77. The van der Waals surface area contributed by atoms with E-state index < -0.39 is 0 Å². The third-order valence-electron chi connectivity index (χ3n) is 4.33.